The molecule has 1 saturated heterocycles. The highest BCUT2D eigenvalue weighted by Crippen LogP contribution is 2.32. The normalized spacial score (nSPS) is 21.6. The van der Waals surface area contributed by atoms with Crippen LogP contribution in [0.1, 0.15) is 12.8 Å². The highest BCUT2D eigenvalue weighted by Gasteiger charge is 2.37. The second-order valence-corrected chi connectivity index (χ2v) is 9.84. The third-order valence-electron chi connectivity index (χ3n) is 3.68. The fourth-order valence-corrected chi connectivity index (χ4v) is 5.44. The molecule has 0 radical (unpaired) electrons. The standard InChI is InChI=1S/C13H18O2Si/c1-16(2,11-6-4-3-5-7-11)12-8-9-15-13(14)10-12/h3-7,12H,8-10H2,1-2H3/t12-/m1/s1. The van der Waals surface area contributed by atoms with E-state index in [1.807, 2.05) is 6.07 Å². The third kappa shape index (κ3) is 2.19. The molecule has 1 atom stereocenters. The first-order chi connectivity index (χ1) is 7.60. The van der Waals surface area contributed by atoms with E-state index in [0.29, 0.717) is 18.6 Å². The molecular weight excluding hydrogens is 216 g/mol. The molecule has 0 saturated carbocycles. The van der Waals surface area contributed by atoms with Crippen LogP contribution < -0.4 is 5.19 Å². The van der Waals surface area contributed by atoms with E-state index in [1.54, 1.807) is 0 Å². The molecule has 2 nitrogen and oxygen atoms in total. The Morgan fingerprint density at radius 1 is 1.25 bits per heavy atom. The summed E-state index contributed by atoms with van der Waals surface area (Å²) in [6.07, 6.45) is 1.63. The number of rotatable bonds is 2. The van der Waals surface area contributed by atoms with Crippen molar-refractivity contribution in [2.75, 3.05) is 6.61 Å². The number of hydrogen-bond donors (Lipinski definition) is 0. The van der Waals surface area contributed by atoms with Crippen LogP contribution in [-0.2, 0) is 9.53 Å². The maximum atomic E-state index is 11.4. The van der Waals surface area contributed by atoms with E-state index < -0.39 is 8.07 Å². The SMILES string of the molecule is C[Si](C)(c1ccccc1)[C@@H]1CCOC(=O)C1. The largest absolute Gasteiger partial charge is 0.466 e. The van der Waals surface area contributed by atoms with Crippen LogP contribution in [0.4, 0.5) is 0 Å². The van der Waals surface area contributed by atoms with Gasteiger partial charge in [0.15, 0.2) is 0 Å². The third-order valence-corrected chi connectivity index (χ3v) is 8.04. The fraction of sp³-hybridized carbons (Fsp3) is 0.462. The number of hydrogen-bond acceptors (Lipinski definition) is 2. The predicted octanol–water partition coefficient (Wildman–Crippen LogP) is 2.31. The zero-order valence-electron chi connectivity index (χ0n) is 9.90. The molecule has 1 heterocycles. The smallest absolute Gasteiger partial charge is 0.305 e. The van der Waals surface area contributed by atoms with Gasteiger partial charge in [0, 0.05) is 6.42 Å². The Bertz CT molecular complexity index is 373. The molecule has 16 heavy (non-hydrogen) atoms. The lowest BCUT2D eigenvalue weighted by Crippen LogP contribution is -2.48. The van der Waals surface area contributed by atoms with Crippen LogP contribution in [0.15, 0.2) is 30.3 Å². The number of carbonyl (C=O) groups excluding carboxylic acids is 1. The van der Waals surface area contributed by atoms with E-state index in [2.05, 4.69) is 37.4 Å². The van der Waals surface area contributed by atoms with Gasteiger partial charge < -0.3 is 4.74 Å². The Kier molecular flexibility index (Phi) is 3.14. The van der Waals surface area contributed by atoms with Crippen LogP contribution in [0, 0.1) is 0 Å². The van der Waals surface area contributed by atoms with Crippen molar-refractivity contribution in [3.63, 3.8) is 0 Å². The molecule has 0 unspecified atom stereocenters. The van der Waals surface area contributed by atoms with Gasteiger partial charge in [-0.25, -0.2) is 0 Å². The summed E-state index contributed by atoms with van der Waals surface area (Å²) in [7, 11) is -1.52. The van der Waals surface area contributed by atoms with Crippen molar-refractivity contribution in [3.8, 4) is 0 Å². The fourth-order valence-electron chi connectivity index (χ4n) is 2.40. The van der Waals surface area contributed by atoms with Crippen molar-refractivity contribution >= 4 is 19.2 Å². The Balaban J connectivity index is 2.21. The van der Waals surface area contributed by atoms with Gasteiger partial charge in [0.2, 0.25) is 0 Å². The number of benzene rings is 1. The highest BCUT2D eigenvalue weighted by molar-refractivity contribution is 6.91. The van der Waals surface area contributed by atoms with Crippen molar-refractivity contribution in [1.82, 2.24) is 0 Å². The van der Waals surface area contributed by atoms with Crippen LogP contribution in [0.25, 0.3) is 0 Å². The van der Waals surface area contributed by atoms with Gasteiger partial charge in [-0.3, -0.25) is 4.79 Å². The Morgan fingerprint density at radius 3 is 2.56 bits per heavy atom. The molecule has 1 aliphatic heterocycles. The monoisotopic (exact) mass is 234 g/mol. The van der Waals surface area contributed by atoms with Crippen molar-refractivity contribution < 1.29 is 9.53 Å². The van der Waals surface area contributed by atoms with Gasteiger partial charge >= 0.3 is 5.97 Å². The first kappa shape index (κ1) is 11.4. The summed E-state index contributed by atoms with van der Waals surface area (Å²) in [6.45, 7) is 5.31. The molecule has 1 aliphatic rings. The molecule has 0 N–H and O–H groups in total. The second kappa shape index (κ2) is 4.42. The first-order valence-corrected chi connectivity index (χ1v) is 8.89. The maximum Gasteiger partial charge on any atom is 0.305 e. The lowest BCUT2D eigenvalue weighted by molar-refractivity contribution is -0.146. The zero-order valence-corrected chi connectivity index (χ0v) is 10.9. The topological polar surface area (TPSA) is 26.3 Å². The quantitative estimate of drug-likeness (QED) is 0.580. The van der Waals surface area contributed by atoms with Crippen molar-refractivity contribution in [3.05, 3.63) is 30.3 Å². The minimum Gasteiger partial charge on any atom is -0.466 e. The Labute approximate surface area is 97.6 Å². The summed E-state index contributed by atoms with van der Waals surface area (Å²) in [5.74, 6) is -0.0206. The first-order valence-electron chi connectivity index (χ1n) is 5.82. The molecule has 2 rings (SSSR count). The van der Waals surface area contributed by atoms with Gasteiger partial charge in [-0.1, -0.05) is 48.6 Å². The highest BCUT2D eigenvalue weighted by atomic mass is 28.3. The molecule has 0 amide bonds. The number of esters is 1. The maximum absolute atomic E-state index is 11.4. The molecule has 3 heteroatoms. The summed E-state index contributed by atoms with van der Waals surface area (Å²) in [4.78, 5) is 11.4. The van der Waals surface area contributed by atoms with Gasteiger partial charge in [-0.2, -0.15) is 0 Å². The van der Waals surface area contributed by atoms with Gasteiger partial charge in [-0.15, -0.1) is 0 Å². The Hall–Kier alpha value is -1.09. The van der Waals surface area contributed by atoms with E-state index in [9.17, 15) is 4.79 Å². The van der Waals surface area contributed by atoms with Gasteiger partial charge in [0.1, 0.15) is 0 Å². The van der Waals surface area contributed by atoms with Gasteiger partial charge in [-0.05, 0) is 12.0 Å². The summed E-state index contributed by atoms with van der Waals surface area (Å²) in [5.41, 5.74) is 0.524. The summed E-state index contributed by atoms with van der Waals surface area (Å²) < 4.78 is 5.02. The molecule has 0 aliphatic carbocycles. The van der Waals surface area contributed by atoms with Crippen LogP contribution in [-0.4, -0.2) is 20.7 Å². The van der Waals surface area contributed by atoms with E-state index >= 15 is 0 Å². The molecule has 1 fully saturated rings. The van der Waals surface area contributed by atoms with Crippen LogP contribution in [0.3, 0.4) is 0 Å². The second-order valence-electron chi connectivity index (χ2n) is 5.00. The minimum absolute atomic E-state index is 0.0206. The predicted molar refractivity (Wildman–Crippen MR) is 67.5 cm³/mol. The molecule has 0 spiro atoms. The van der Waals surface area contributed by atoms with Crippen molar-refractivity contribution in [2.45, 2.75) is 31.5 Å². The molecular formula is C13H18O2Si. The molecule has 86 valence electrons. The van der Waals surface area contributed by atoms with E-state index in [1.165, 1.54) is 5.19 Å². The van der Waals surface area contributed by atoms with Gasteiger partial charge in [0.25, 0.3) is 0 Å². The summed E-state index contributed by atoms with van der Waals surface area (Å²) >= 11 is 0. The summed E-state index contributed by atoms with van der Waals surface area (Å²) in [6, 6.07) is 10.6. The number of cyclic esters (lactones) is 1. The lowest BCUT2D eigenvalue weighted by atomic mass is 10.2. The molecule has 1 aromatic carbocycles. The van der Waals surface area contributed by atoms with Crippen molar-refractivity contribution in [2.24, 2.45) is 0 Å². The average Bonchev–Trinajstić information content (AvgIpc) is 2.30. The van der Waals surface area contributed by atoms with Crippen LogP contribution in [0.5, 0.6) is 0 Å². The van der Waals surface area contributed by atoms with E-state index in [0.717, 1.165) is 6.42 Å². The Morgan fingerprint density at radius 2 is 1.94 bits per heavy atom. The van der Waals surface area contributed by atoms with Crippen LogP contribution >= 0.6 is 0 Å². The lowest BCUT2D eigenvalue weighted by Gasteiger charge is -2.34. The molecule has 0 bridgehead atoms. The summed E-state index contributed by atoms with van der Waals surface area (Å²) in [5, 5.41) is 1.44. The average molecular weight is 234 g/mol. The van der Waals surface area contributed by atoms with Gasteiger partial charge in [0.05, 0.1) is 14.7 Å². The number of ether oxygens (including phenoxy) is 1. The van der Waals surface area contributed by atoms with Crippen molar-refractivity contribution in [1.29, 1.82) is 0 Å². The molecule has 1 aromatic rings. The van der Waals surface area contributed by atoms with E-state index in [-0.39, 0.29) is 5.97 Å². The van der Waals surface area contributed by atoms with Crippen LogP contribution in [0.2, 0.25) is 18.6 Å². The minimum atomic E-state index is -1.52. The number of carbonyl (C=O) groups is 1. The zero-order chi connectivity index (χ0) is 11.6. The molecule has 0 aromatic heterocycles. The van der Waals surface area contributed by atoms with E-state index in [4.69, 9.17) is 4.74 Å².